The topological polar surface area (TPSA) is 0 Å². The normalized spacial score (nSPS) is 16.3. The zero-order valence-corrected chi connectivity index (χ0v) is 32.2. The molecule has 0 saturated heterocycles. The molecule has 2 aliphatic rings. The van der Waals surface area contributed by atoms with Crippen LogP contribution in [0.2, 0.25) is 0 Å². The Hall–Kier alpha value is -3.35. The first-order chi connectivity index (χ1) is 22.5. The molecule has 0 amide bonds. The first-order valence-electron chi connectivity index (χ1n) is 16.7. The van der Waals surface area contributed by atoms with Gasteiger partial charge in [-0.3, -0.25) is 0 Å². The van der Waals surface area contributed by atoms with Crippen molar-refractivity contribution in [2.75, 3.05) is 0 Å². The minimum absolute atomic E-state index is 0. The van der Waals surface area contributed by atoms with E-state index in [0.29, 0.717) is 13.2 Å². The van der Waals surface area contributed by atoms with E-state index >= 15 is 0 Å². The summed E-state index contributed by atoms with van der Waals surface area (Å²) in [5.74, 6) is 0.501. The molecule has 0 nitrogen and oxygen atoms in total. The SMILES string of the molecule is C/[CH]=[Zr+2](/[CH]1C(C(C)C)=Cc2c(-c3cccc4ccccc34)cccc21)[CH]1C(C)=Cc2c(-c3cccc4ccccc34)ccc(C)c21.[Cl-].[Cl-]. The molecule has 8 rings (SSSR count). The maximum atomic E-state index is 2.71. The predicted molar refractivity (Wildman–Crippen MR) is 197 cm³/mol. The molecule has 0 aromatic heterocycles. The fourth-order valence-corrected chi connectivity index (χ4v) is 17.6. The van der Waals surface area contributed by atoms with Crippen LogP contribution >= 0.6 is 0 Å². The van der Waals surface area contributed by atoms with Crippen molar-refractivity contribution >= 4 is 37.4 Å². The minimum Gasteiger partial charge on any atom is -1.00 e. The van der Waals surface area contributed by atoms with Crippen LogP contribution in [-0.4, -0.2) is 3.71 Å². The van der Waals surface area contributed by atoms with Gasteiger partial charge in [-0.1, -0.05) is 0 Å². The Morgan fingerprint density at radius 1 is 0.562 bits per heavy atom. The first kappa shape index (κ1) is 34.5. The Morgan fingerprint density at radius 2 is 1.10 bits per heavy atom. The van der Waals surface area contributed by atoms with Crippen LogP contribution in [0.25, 0.3) is 56.0 Å². The third-order valence-electron chi connectivity index (χ3n) is 10.5. The second-order valence-electron chi connectivity index (χ2n) is 13.5. The zero-order valence-electron chi connectivity index (χ0n) is 28.2. The van der Waals surface area contributed by atoms with Gasteiger partial charge in [0.15, 0.2) is 0 Å². The van der Waals surface area contributed by atoms with Crippen molar-refractivity contribution in [1.29, 1.82) is 0 Å². The maximum absolute atomic E-state index is 2.71. The summed E-state index contributed by atoms with van der Waals surface area (Å²) in [6.07, 6.45) is 5.15. The van der Waals surface area contributed by atoms with E-state index in [1.165, 1.54) is 60.5 Å². The Bertz CT molecular complexity index is 2280. The first-order valence-corrected chi connectivity index (χ1v) is 21.0. The van der Waals surface area contributed by atoms with Crippen LogP contribution in [0.1, 0.15) is 62.8 Å². The summed E-state index contributed by atoms with van der Waals surface area (Å²) in [4.78, 5) is 0. The molecule has 2 atom stereocenters. The molecule has 2 aliphatic carbocycles. The van der Waals surface area contributed by atoms with E-state index in [0.717, 1.165) is 0 Å². The summed E-state index contributed by atoms with van der Waals surface area (Å²) in [5.41, 5.74) is 16.1. The van der Waals surface area contributed by atoms with Crippen LogP contribution in [0.5, 0.6) is 0 Å². The van der Waals surface area contributed by atoms with Gasteiger partial charge in [0.25, 0.3) is 0 Å². The quantitative estimate of drug-likeness (QED) is 0.194. The van der Waals surface area contributed by atoms with Gasteiger partial charge in [0, 0.05) is 0 Å². The van der Waals surface area contributed by atoms with Crippen molar-refractivity contribution < 1.29 is 46.1 Å². The molecule has 238 valence electrons. The van der Waals surface area contributed by atoms with E-state index in [-0.39, 0.29) is 24.8 Å². The summed E-state index contributed by atoms with van der Waals surface area (Å²) in [6.45, 7) is 12.0. The number of benzene rings is 6. The molecule has 2 unspecified atom stereocenters. The van der Waals surface area contributed by atoms with Crippen LogP contribution < -0.4 is 24.8 Å². The Labute approximate surface area is 305 Å². The number of fused-ring (bicyclic) bond motifs is 4. The number of allylic oxidation sites excluding steroid dienone is 2. The molecule has 0 heterocycles. The Morgan fingerprint density at radius 3 is 1.71 bits per heavy atom. The van der Waals surface area contributed by atoms with E-state index < -0.39 is 21.3 Å². The van der Waals surface area contributed by atoms with Gasteiger partial charge in [-0.05, 0) is 0 Å². The number of aryl methyl sites for hydroxylation is 1. The fraction of sp³-hybridized carbons (Fsp3) is 0.178. The van der Waals surface area contributed by atoms with Gasteiger partial charge in [0.1, 0.15) is 0 Å². The number of halogens is 2. The van der Waals surface area contributed by atoms with Gasteiger partial charge in [-0.15, -0.1) is 0 Å². The molecule has 48 heavy (non-hydrogen) atoms. The van der Waals surface area contributed by atoms with Crippen LogP contribution in [-0.2, 0) is 21.3 Å². The average Bonchev–Trinajstić information content (AvgIpc) is 3.64. The van der Waals surface area contributed by atoms with Crippen molar-refractivity contribution in [2.24, 2.45) is 5.92 Å². The van der Waals surface area contributed by atoms with E-state index in [4.69, 9.17) is 0 Å². The number of hydrogen-bond acceptors (Lipinski definition) is 0. The minimum atomic E-state index is -2.38. The van der Waals surface area contributed by atoms with Gasteiger partial charge < -0.3 is 24.8 Å². The monoisotopic (exact) mass is 740 g/mol. The predicted octanol–water partition coefficient (Wildman–Crippen LogP) is 6.34. The summed E-state index contributed by atoms with van der Waals surface area (Å²) >= 11 is -2.38. The summed E-state index contributed by atoms with van der Waals surface area (Å²) < 4.78 is 3.76. The van der Waals surface area contributed by atoms with Gasteiger partial charge >= 0.3 is 283 Å². The van der Waals surface area contributed by atoms with Crippen LogP contribution in [0, 0.1) is 12.8 Å². The largest absolute Gasteiger partial charge is 1.00 e. The zero-order chi connectivity index (χ0) is 31.5. The van der Waals surface area contributed by atoms with Gasteiger partial charge in [0.05, 0.1) is 0 Å². The maximum Gasteiger partial charge on any atom is -1.00 e. The van der Waals surface area contributed by atoms with Crippen molar-refractivity contribution in [2.45, 2.75) is 41.9 Å². The molecule has 3 heteroatoms. The molecule has 6 aromatic carbocycles. The summed E-state index contributed by atoms with van der Waals surface area (Å²) in [5, 5.41) is 5.28. The van der Waals surface area contributed by atoms with Crippen LogP contribution in [0.3, 0.4) is 0 Å². The van der Waals surface area contributed by atoms with Gasteiger partial charge in [-0.2, -0.15) is 0 Å². The molecular weight excluding hydrogens is 703 g/mol. The van der Waals surface area contributed by atoms with Gasteiger partial charge in [-0.25, -0.2) is 0 Å². The van der Waals surface area contributed by atoms with E-state index in [9.17, 15) is 0 Å². The molecule has 0 aliphatic heterocycles. The third kappa shape index (κ3) is 5.53. The van der Waals surface area contributed by atoms with E-state index in [2.05, 4.69) is 166 Å². The van der Waals surface area contributed by atoms with Crippen molar-refractivity contribution in [3.63, 3.8) is 0 Å². The molecule has 0 saturated carbocycles. The smallest absolute Gasteiger partial charge is 1.00 e. The van der Waals surface area contributed by atoms with E-state index in [1.54, 1.807) is 22.3 Å². The van der Waals surface area contributed by atoms with Gasteiger partial charge in [0.2, 0.25) is 0 Å². The van der Waals surface area contributed by atoms with Crippen molar-refractivity contribution in [3.8, 4) is 22.3 Å². The molecule has 0 bridgehead atoms. The average molecular weight is 743 g/mol. The second-order valence-corrected chi connectivity index (χ2v) is 20.2. The summed E-state index contributed by atoms with van der Waals surface area (Å²) in [6, 6.07) is 43.1. The molecule has 0 fully saturated rings. The number of rotatable bonds is 5. The van der Waals surface area contributed by atoms with E-state index in [1.807, 2.05) is 0 Å². The summed E-state index contributed by atoms with van der Waals surface area (Å²) in [7, 11) is 0. The molecule has 0 spiro atoms. The molecular formula is C45H40Cl2Zr. The van der Waals surface area contributed by atoms with Crippen molar-refractivity contribution in [3.05, 3.63) is 154 Å². The van der Waals surface area contributed by atoms with Crippen LogP contribution in [0.15, 0.2) is 126 Å². The molecule has 6 aromatic rings. The molecule has 0 radical (unpaired) electrons. The standard InChI is InChI=1S/C22H19.C21H17.C2H4.2ClH.Zr/c1-15(2)18-13-17-9-6-12-21(22(17)14-18)20-11-5-8-16-7-3-4-10-19(16)20;1-14-12-20-15(2)10-11-19(21(20)13-14)18-9-5-7-16-6-3-4-8-17(16)18;1-2;;;/h3-15H,1-2H3;3-13H,1-2H3;1H,2H3;2*1H;/q;;;;;+2/p-2. The fourth-order valence-electron chi connectivity index (χ4n) is 8.44. The van der Waals surface area contributed by atoms with Crippen LogP contribution in [0.4, 0.5) is 0 Å². The third-order valence-corrected chi connectivity index (χ3v) is 18.9. The van der Waals surface area contributed by atoms with Crippen molar-refractivity contribution in [1.82, 2.24) is 0 Å². The molecule has 0 N–H and O–H groups in total. The Balaban J connectivity index is 0.00000201. The number of hydrogen-bond donors (Lipinski definition) is 0. The Kier molecular flexibility index (Phi) is 9.98. The second kappa shape index (κ2) is 13.9.